The van der Waals surface area contributed by atoms with E-state index in [0.717, 1.165) is 24.5 Å². The molecule has 0 bridgehead atoms. The molecule has 38 heteroatoms. The SMILES string of the molecule is [NH]C(CNC(=O)CC[C@@H](C(=O)O)N(CCN(CC(=O)O)CC(=O)O)CCN(CC(=O)O)CC(=O)O)C(=O)NCCC(=O)NC(CNC(=O)CC[C@@H](C(=O)O)N(CCN(CC(=O)O)CC(=O)O)CCN(CC(=O)O)CC(=O)O)C(=O)NCN. The van der Waals surface area contributed by atoms with E-state index in [4.69, 9.17) is 11.5 Å². The Kier molecular flexibility index (Phi) is 36.0. The third kappa shape index (κ3) is 35.4. The van der Waals surface area contributed by atoms with E-state index in [9.17, 15) is 123 Å². The summed E-state index contributed by atoms with van der Waals surface area (Å²) in [5.41, 5.74) is 13.6. The Bertz CT molecular complexity index is 2080. The van der Waals surface area contributed by atoms with Crippen LogP contribution in [-0.2, 0) is 71.9 Å². The van der Waals surface area contributed by atoms with Crippen LogP contribution < -0.4 is 38.1 Å². The van der Waals surface area contributed by atoms with Crippen LogP contribution in [0.1, 0.15) is 32.1 Å². The van der Waals surface area contributed by atoms with Gasteiger partial charge in [0.25, 0.3) is 0 Å². The zero-order valence-corrected chi connectivity index (χ0v) is 44.3. The molecule has 82 heavy (non-hydrogen) atoms. The average molecular weight is 1180 g/mol. The molecule has 0 aliphatic heterocycles. The van der Waals surface area contributed by atoms with Crippen LogP contribution in [0.25, 0.3) is 0 Å². The zero-order chi connectivity index (χ0) is 62.6. The van der Waals surface area contributed by atoms with Gasteiger partial charge in [0.05, 0.1) is 59.0 Å². The molecule has 0 aliphatic rings. The summed E-state index contributed by atoms with van der Waals surface area (Å²) < 4.78 is 0. The van der Waals surface area contributed by atoms with Crippen molar-refractivity contribution in [3.8, 4) is 0 Å². The Labute approximate surface area is 466 Å². The van der Waals surface area contributed by atoms with Crippen LogP contribution in [0.3, 0.4) is 0 Å². The van der Waals surface area contributed by atoms with E-state index < -0.39 is 224 Å². The Morgan fingerprint density at radius 2 is 0.683 bits per heavy atom. The molecular weight excluding hydrogens is 1110 g/mol. The zero-order valence-electron chi connectivity index (χ0n) is 44.3. The fraction of sp³-hybridized carbons (Fsp3) is 0.659. The van der Waals surface area contributed by atoms with E-state index in [0.29, 0.717) is 0 Å². The Balaban J connectivity index is 5.77. The van der Waals surface area contributed by atoms with E-state index in [2.05, 4.69) is 26.6 Å². The number of hydrogen-bond donors (Lipinski definition) is 16. The van der Waals surface area contributed by atoms with E-state index in [-0.39, 0.29) is 52.4 Å². The van der Waals surface area contributed by atoms with Crippen molar-refractivity contribution in [3.63, 3.8) is 0 Å². The van der Waals surface area contributed by atoms with Gasteiger partial charge in [0.2, 0.25) is 29.5 Å². The fourth-order valence-electron chi connectivity index (χ4n) is 7.60. The largest absolute Gasteiger partial charge is 0.480 e. The lowest BCUT2D eigenvalue weighted by Crippen LogP contribution is -2.54. The number of carbonyl (C=O) groups is 15. The van der Waals surface area contributed by atoms with E-state index in [1.165, 1.54) is 4.90 Å². The van der Waals surface area contributed by atoms with Crippen molar-refractivity contribution in [2.45, 2.75) is 56.3 Å². The average Bonchev–Trinajstić information content (AvgIpc) is 3.33. The maximum atomic E-state index is 13.1. The van der Waals surface area contributed by atoms with Crippen molar-refractivity contribution >= 4 is 89.2 Å². The lowest BCUT2D eigenvalue weighted by molar-refractivity contribution is -0.146. The van der Waals surface area contributed by atoms with Crippen molar-refractivity contribution in [2.24, 2.45) is 5.73 Å². The number of carbonyl (C=O) groups excluding carboxylic acids is 5. The molecule has 5 amide bonds. The molecule has 0 aromatic carbocycles. The van der Waals surface area contributed by atoms with Crippen molar-refractivity contribution in [2.75, 3.05) is 131 Å². The topological polar surface area (TPSA) is 588 Å². The van der Waals surface area contributed by atoms with Gasteiger partial charge in [-0.25, -0.2) is 5.73 Å². The van der Waals surface area contributed by atoms with Gasteiger partial charge in [-0.05, 0) is 12.8 Å². The quantitative estimate of drug-likeness (QED) is 0.0252. The minimum Gasteiger partial charge on any atom is -0.480 e. The molecule has 0 aromatic rings. The summed E-state index contributed by atoms with van der Waals surface area (Å²) in [4.78, 5) is 186. The standard InChI is InChI=1S/C44H72N13O25/c45-25-50-42(78)27(16-49-31(59)4-2-29(44(81)82)57(13-9-54(21-37(69)70)22-38(71)72)14-10-55(23-39(73)74)24-40(75)76)51-32(60)5-6-47-41(77)26(46)15-48-30(58)3-1-28(43(79)80)56(11-7-52(17-33(61)62)18-34(63)64)12-8-53(19-35(65)66)20-36(67)68/h26-29,46H,1-25,45H2,(H,47,77)(H,48,58)(H,49,59)(H,50,78)(H,51,60)(H,61,62)(H,63,64)(H,65,66)(H,67,68)(H,69,70)(H,71,72)(H,73,74)(H,75,76)(H,79,80)(H,81,82)/t26?,27?,28-,29-/m0/s1. The van der Waals surface area contributed by atoms with E-state index in [1.54, 1.807) is 0 Å². The van der Waals surface area contributed by atoms with Gasteiger partial charge in [-0.3, -0.25) is 101 Å². The molecule has 0 aliphatic carbocycles. The summed E-state index contributed by atoms with van der Waals surface area (Å²) in [5, 5.41) is 106. The van der Waals surface area contributed by atoms with Gasteiger partial charge in [0, 0.05) is 91.3 Å². The van der Waals surface area contributed by atoms with Crippen LogP contribution in [0.2, 0.25) is 0 Å². The highest BCUT2D eigenvalue weighted by Gasteiger charge is 2.31. The lowest BCUT2D eigenvalue weighted by atomic mass is 10.1. The monoisotopic (exact) mass is 1180 g/mol. The first kappa shape index (κ1) is 73.7. The number of carboxylic acids is 10. The van der Waals surface area contributed by atoms with Gasteiger partial charge in [-0.15, -0.1) is 0 Å². The van der Waals surface area contributed by atoms with E-state index in [1.807, 2.05) is 0 Å². The molecule has 18 N–H and O–H groups in total. The molecule has 0 fully saturated rings. The summed E-state index contributed by atoms with van der Waals surface area (Å²) in [6, 6.07) is -6.39. The maximum absolute atomic E-state index is 13.1. The van der Waals surface area contributed by atoms with Crippen LogP contribution in [0.5, 0.6) is 0 Å². The van der Waals surface area contributed by atoms with Crippen LogP contribution >= 0.6 is 0 Å². The summed E-state index contributed by atoms with van der Waals surface area (Å²) in [7, 11) is 0. The summed E-state index contributed by atoms with van der Waals surface area (Å²) in [5.74, 6) is -18.9. The number of nitrogens with two attached hydrogens (primary N) is 1. The van der Waals surface area contributed by atoms with Crippen molar-refractivity contribution in [3.05, 3.63) is 0 Å². The minimum atomic E-state index is -1.71. The first-order chi connectivity index (χ1) is 38.3. The molecule has 0 aromatic heterocycles. The maximum Gasteiger partial charge on any atom is 0.320 e. The lowest BCUT2D eigenvalue weighted by Gasteiger charge is -2.32. The molecule has 0 spiro atoms. The molecule has 0 heterocycles. The predicted octanol–water partition coefficient (Wildman–Crippen LogP) is -9.15. The number of nitrogens with zero attached hydrogens (tertiary/aromatic N) is 6. The summed E-state index contributed by atoms with van der Waals surface area (Å²) >= 11 is 0. The van der Waals surface area contributed by atoms with Gasteiger partial charge in [0.15, 0.2) is 0 Å². The second-order valence-corrected chi connectivity index (χ2v) is 17.9. The molecule has 463 valence electrons. The number of aliphatic carboxylic acids is 10. The number of nitrogens with one attached hydrogen (secondary N) is 6. The smallest absolute Gasteiger partial charge is 0.320 e. The normalized spacial score (nSPS) is 12.7. The molecule has 0 saturated carbocycles. The third-order valence-corrected chi connectivity index (χ3v) is 11.3. The molecular formula is C44H72N13O25. The second-order valence-electron chi connectivity index (χ2n) is 17.9. The fourth-order valence-corrected chi connectivity index (χ4v) is 7.60. The van der Waals surface area contributed by atoms with Gasteiger partial charge in [0.1, 0.15) is 24.2 Å². The first-order valence-electron chi connectivity index (χ1n) is 24.7. The van der Waals surface area contributed by atoms with Crippen LogP contribution in [0, 0.1) is 0 Å². The highest BCUT2D eigenvalue weighted by Crippen LogP contribution is 2.12. The van der Waals surface area contributed by atoms with Gasteiger partial charge >= 0.3 is 59.7 Å². The van der Waals surface area contributed by atoms with Crippen LogP contribution in [0.4, 0.5) is 0 Å². The van der Waals surface area contributed by atoms with Crippen LogP contribution in [-0.4, -0.2) is 325 Å². The molecule has 1 radical (unpaired) electrons. The Morgan fingerprint density at radius 3 is 0.963 bits per heavy atom. The summed E-state index contributed by atoms with van der Waals surface area (Å²) in [6.07, 6.45) is -2.66. The van der Waals surface area contributed by atoms with Gasteiger partial charge < -0.3 is 83.4 Å². The minimum absolute atomic E-state index is 0.348. The summed E-state index contributed by atoms with van der Waals surface area (Å²) in [6.45, 7) is -11.1. The second kappa shape index (κ2) is 40.0. The number of amides is 5. The van der Waals surface area contributed by atoms with Crippen molar-refractivity contribution in [1.29, 1.82) is 0 Å². The Morgan fingerprint density at radius 1 is 0.378 bits per heavy atom. The Hall–Kier alpha value is -8.27. The molecule has 2 unspecified atom stereocenters. The molecule has 0 saturated heterocycles. The van der Waals surface area contributed by atoms with Gasteiger partial charge in [-0.2, -0.15) is 0 Å². The molecule has 38 nitrogen and oxygen atoms in total. The molecule has 4 atom stereocenters. The predicted molar refractivity (Wildman–Crippen MR) is 271 cm³/mol. The first-order valence-corrected chi connectivity index (χ1v) is 24.7. The number of carboxylic acid groups (broad SMARTS) is 10. The van der Waals surface area contributed by atoms with Gasteiger partial charge in [-0.1, -0.05) is 0 Å². The van der Waals surface area contributed by atoms with E-state index >= 15 is 0 Å². The highest BCUT2D eigenvalue weighted by molar-refractivity contribution is 5.89. The highest BCUT2D eigenvalue weighted by atomic mass is 16.4. The number of rotatable bonds is 49. The van der Waals surface area contributed by atoms with Crippen molar-refractivity contribution in [1.82, 2.24) is 61.7 Å². The van der Waals surface area contributed by atoms with Crippen LogP contribution in [0.15, 0.2) is 0 Å². The molecule has 0 rings (SSSR count). The third-order valence-electron chi connectivity index (χ3n) is 11.3. The number of hydrogen-bond acceptors (Lipinski definition) is 22. The van der Waals surface area contributed by atoms with Crippen molar-refractivity contribution < 1.29 is 123 Å².